The van der Waals surface area contributed by atoms with Crippen LogP contribution in [0.2, 0.25) is 0 Å². The topological polar surface area (TPSA) is 126 Å². The molecule has 9 heteroatoms. The summed E-state index contributed by atoms with van der Waals surface area (Å²) in [6.45, 7) is -0.223. The molecule has 138 valence electrons. The monoisotopic (exact) mass is 360 g/mol. The molecule has 1 atom stereocenters. The number of rotatable bonds is 6. The Morgan fingerprint density at radius 2 is 2.23 bits per heavy atom. The molecular formula is C17H20N4O5. The van der Waals surface area contributed by atoms with Crippen LogP contribution in [0.1, 0.15) is 24.4 Å². The van der Waals surface area contributed by atoms with Gasteiger partial charge in [0.25, 0.3) is 5.56 Å². The molecule has 26 heavy (non-hydrogen) atoms. The van der Waals surface area contributed by atoms with E-state index < -0.39 is 11.2 Å². The van der Waals surface area contributed by atoms with E-state index in [1.165, 1.54) is 19.4 Å². The largest absolute Gasteiger partial charge is 0.495 e. The fraction of sp³-hybridized carbons (Fsp3) is 0.412. The zero-order valence-electron chi connectivity index (χ0n) is 14.2. The molecule has 2 heterocycles. The maximum Gasteiger partial charge on any atom is 0.328 e. The van der Waals surface area contributed by atoms with E-state index in [4.69, 9.17) is 4.74 Å². The zero-order chi connectivity index (χ0) is 18.7. The fourth-order valence-electron chi connectivity index (χ4n) is 3.04. The number of aliphatic hydroxyl groups excluding tert-OH is 1. The number of nitrogens with one attached hydrogen (secondary N) is 2. The summed E-state index contributed by atoms with van der Waals surface area (Å²) in [4.78, 5) is 41.5. The SMILES string of the molecule is COc1cncc(C(NC(=O)Cn2ccc(=O)[nH]c2=O)C2CC(O)C2)c1. The Kier molecular flexibility index (Phi) is 5.17. The first-order valence-corrected chi connectivity index (χ1v) is 8.22. The van der Waals surface area contributed by atoms with Crippen LogP contribution in [-0.2, 0) is 11.3 Å². The molecule has 0 aliphatic heterocycles. The molecule has 0 bridgehead atoms. The van der Waals surface area contributed by atoms with Gasteiger partial charge in [-0.2, -0.15) is 0 Å². The number of amides is 1. The van der Waals surface area contributed by atoms with Gasteiger partial charge in [-0.05, 0) is 30.4 Å². The van der Waals surface area contributed by atoms with E-state index in [0.29, 0.717) is 18.6 Å². The number of ether oxygens (including phenoxy) is 1. The van der Waals surface area contributed by atoms with Gasteiger partial charge in [0.1, 0.15) is 12.3 Å². The number of carbonyl (C=O) groups is 1. The van der Waals surface area contributed by atoms with Crippen molar-refractivity contribution in [3.05, 3.63) is 57.1 Å². The van der Waals surface area contributed by atoms with E-state index in [9.17, 15) is 19.5 Å². The summed E-state index contributed by atoms with van der Waals surface area (Å²) in [6.07, 6.45) is 5.25. The minimum absolute atomic E-state index is 0.0650. The number of nitrogens with zero attached hydrogens (tertiary/aromatic N) is 2. The van der Waals surface area contributed by atoms with Crippen LogP contribution in [0.25, 0.3) is 0 Å². The van der Waals surface area contributed by atoms with Crippen molar-refractivity contribution in [2.75, 3.05) is 7.11 Å². The smallest absolute Gasteiger partial charge is 0.328 e. The van der Waals surface area contributed by atoms with Gasteiger partial charge in [0.15, 0.2) is 0 Å². The molecule has 0 saturated heterocycles. The van der Waals surface area contributed by atoms with Crippen LogP contribution in [0.5, 0.6) is 5.75 Å². The lowest BCUT2D eigenvalue weighted by molar-refractivity contribution is -0.123. The summed E-state index contributed by atoms with van der Waals surface area (Å²) < 4.78 is 6.30. The average molecular weight is 360 g/mol. The van der Waals surface area contributed by atoms with Crippen LogP contribution in [0, 0.1) is 5.92 Å². The molecule has 0 spiro atoms. The van der Waals surface area contributed by atoms with Crippen LogP contribution in [0.15, 0.2) is 40.3 Å². The Hall–Kier alpha value is -2.94. The van der Waals surface area contributed by atoms with E-state index in [0.717, 1.165) is 10.1 Å². The highest BCUT2D eigenvalue weighted by atomic mass is 16.5. The molecule has 2 aromatic rings. The van der Waals surface area contributed by atoms with Crippen molar-refractivity contribution in [2.24, 2.45) is 5.92 Å². The van der Waals surface area contributed by atoms with Crippen LogP contribution in [0.4, 0.5) is 0 Å². The number of methoxy groups -OCH3 is 1. The van der Waals surface area contributed by atoms with E-state index in [2.05, 4.69) is 15.3 Å². The van der Waals surface area contributed by atoms with Crippen molar-refractivity contribution in [3.8, 4) is 5.75 Å². The summed E-state index contributed by atoms with van der Waals surface area (Å²) in [7, 11) is 1.53. The number of carbonyl (C=O) groups excluding carboxylic acids is 1. The molecule has 0 aromatic carbocycles. The molecule has 1 aliphatic carbocycles. The number of aliphatic hydroxyl groups is 1. The molecule has 2 aromatic heterocycles. The van der Waals surface area contributed by atoms with Gasteiger partial charge >= 0.3 is 5.69 Å². The third-order valence-corrected chi connectivity index (χ3v) is 4.48. The quantitative estimate of drug-likeness (QED) is 0.642. The molecule has 1 amide bonds. The minimum atomic E-state index is -0.647. The van der Waals surface area contributed by atoms with Crippen molar-refractivity contribution in [1.29, 1.82) is 0 Å². The third-order valence-electron chi connectivity index (χ3n) is 4.48. The van der Waals surface area contributed by atoms with Crippen molar-refractivity contribution >= 4 is 5.91 Å². The maximum atomic E-state index is 12.4. The first kappa shape index (κ1) is 17.9. The summed E-state index contributed by atoms with van der Waals surface area (Å²) in [5.41, 5.74) is -0.398. The van der Waals surface area contributed by atoms with Gasteiger partial charge in [0.2, 0.25) is 5.91 Å². The third kappa shape index (κ3) is 3.99. The van der Waals surface area contributed by atoms with Crippen LogP contribution >= 0.6 is 0 Å². The molecule has 3 N–H and O–H groups in total. The van der Waals surface area contributed by atoms with Gasteiger partial charge in [-0.25, -0.2) is 4.79 Å². The summed E-state index contributed by atoms with van der Waals surface area (Å²) in [5, 5.41) is 12.5. The van der Waals surface area contributed by atoms with Crippen LogP contribution < -0.4 is 21.3 Å². The first-order chi connectivity index (χ1) is 12.5. The molecule has 9 nitrogen and oxygen atoms in total. The highest BCUT2D eigenvalue weighted by Gasteiger charge is 2.36. The number of hydrogen-bond donors (Lipinski definition) is 3. The second-order valence-corrected chi connectivity index (χ2v) is 6.33. The highest BCUT2D eigenvalue weighted by Crippen LogP contribution is 2.38. The van der Waals surface area contributed by atoms with Crippen molar-refractivity contribution in [1.82, 2.24) is 19.9 Å². The summed E-state index contributed by atoms with van der Waals surface area (Å²) in [5.74, 6) is 0.252. The van der Waals surface area contributed by atoms with E-state index in [1.54, 1.807) is 18.5 Å². The molecule has 3 rings (SSSR count). The van der Waals surface area contributed by atoms with E-state index >= 15 is 0 Å². The molecule has 1 aliphatic rings. The molecule has 0 radical (unpaired) electrons. The van der Waals surface area contributed by atoms with Gasteiger partial charge in [-0.3, -0.25) is 24.1 Å². The number of aromatic nitrogens is 3. The van der Waals surface area contributed by atoms with E-state index in [1.807, 2.05) is 0 Å². The van der Waals surface area contributed by atoms with Crippen molar-refractivity contribution < 1.29 is 14.6 Å². The maximum absolute atomic E-state index is 12.4. The first-order valence-electron chi connectivity index (χ1n) is 8.22. The van der Waals surface area contributed by atoms with Gasteiger partial charge in [-0.15, -0.1) is 0 Å². The van der Waals surface area contributed by atoms with Crippen LogP contribution in [0.3, 0.4) is 0 Å². The fourth-order valence-corrected chi connectivity index (χ4v) is 3.04. The Morgan fingerprint density at radius 1 is 1.46 bits per heavy atom. The Morgan fingerprint density at radius 3 is 2.88 bits per heavy atom. The molecule has 1 saturated carbocycles. The second-order valence-electron chi connectivity index (χ2n) is 6.33. The second kappa shape index (κ2) is 7.52. The van der Waals surface area contributed by atoms with Gasteiger partial charge in [-0.1, -0.05) is 0 Å². The Bertz CT molecular complexity index is 900. The van der Waals surface area contributed by atoms with Crippen molar-refractivity contribution in [3.63, 3.8) is 0 Å². The lowest BCUT2D eigenvalue weighted by Gasteiger charge is -2.38. The number of hydrogen-bond acceptors (Lipinski definition) is 6. The van der Waals surface area contributed by atoms with Gasteiger partial charge < -0.3 is 15.2 Å². The predicted molar refractivity (Wildman–Crippen MR) is 91.7 cm³/mol. The molecule has 1 unspecified atom stereocenters. The lowest BCUT2D eigenvalue weighted by atomic mass is 9.75. The Balaban J connectivity index is 1.77. The number of aromatic amines is 1. The predicted octanol–water partition coefficient (Wildman–Crippen LogP) is -0.431. The average Bonchev–Trinajstić information content (AvgIpc) is 2.60. The zero-order valence-corrected chi connectivity index (χ0v) is 14.2. The van der Waals surface area contributed by atoms with E-state index in [-0.39, 0.29) is 30.5 Å². The molecular weight excluding hydrogens is 340 g/mol. The summed E-state index contributed by atoms with van der Waals surface area (Å²) >= 11 is 0. The normalized spacial score (nSPS) is 20.1. The minimum Gasteiger partial charge on any atom is -0.495 e. The Labute approximate surface area is 148 Å². The highest BCUT2D eigenvalue weighted by molar-refractivity contribution is 5.76. The number of H-pyrrole nitrogens is 1. The number of pyridine rings is 1. The van der Waals surface area contributed by atoms with Gasteiger partial charge in [0, 0.05) is 18.5 Å². The lowest BCUT2D eigenvalue weighted by Crippen LogP contribution is -2.43. The van der Waals surface area contributed by atoms with Crippen LogP contribution in [-0.4, -0.2) is 38.8 Å². The summed E-state index contributed by atoms with van der Waals surface area (Å²) in [6, 6.07) is 2.61. The molecule has 1 fully saturated rings. The standard InChI is InChI=1S/C17H20N4O5/c1-26-13-6-11(7-18-8-13)16(10-4-12(22)5-10)19-15(24)9-21-3-2-14(23)20-17(21)25/h2-3,6-8,10,12,16,22H,4-5,9H2,1H3,(H,19,24)(H,20,23,25). The van der Waals surface area contributed by atoms with Gasteiger partial charge in [0.05, 0.1) is 25.5 Å². The van der Waals surface area contributed by atoms with Crippen molar-refractivity contribution in [2.45, 2.75) is 31.5 Å².